The molecule has 2 aromatic carbocycles. The van der Waals surface area contributed by atoms with E-state index >= 15 is 0 Å². The van der Waals surface area contributed by atoms with Crippen LogP contribution in [-0.4, -0.2) is 12.1 Å². The SMILES string of the molecule is Cc1cc(C)c(COc2ccccc2Br)cc1C=C(C#N)C(=O)OC(C)C. The number of carbonyl (C=O) groups excluding carboxylic acids is 1. The lowest BCUT2D eigenvalue weighted by Crippen LogP contribution is -2.12. The maximum absolute atomic E-state index is 12.1. The Labute approximate surface area is 168 Å². The van der Waals surface area contributed by atoms with Gasteiger partial charge in [-0.1, -0.05) is 18.2 Å². The van der Waals surface area contributed by atoms with E-state index in [2.05, 4.69) is 15.9 Å². The number of nitrogens with zero attached hydrogens (tertiary/aromatic N) is 1. The zero-order valence-corrected chi connectivity index (χ0v) is 17.5. The van der Waals surface area contributed by atoms with Crippen molar-refractivity contribution >= 4 is 28.0 Å². The van der Waals surface area contributed by atoms with Gasteiger partial charge in [-0.05, 0) is 90.2 Å². The minimum atomic E-state index is -0.613. The van der Waals surface area contributed by atoms with Gasteiger partial charge in [0.25, 0.3) is 0 Å². The summed E-state index contributed by atoms with van der Waals surface area (Å²) in [7, 11) is 0. The zero-order valence-electron chi connectivity index (χ0n) is 15.9. The van der Waals surface area contributed by atoms with Crippen molar-refractivity contribution in [2.45, 2.75) is 40.4 Å². The monoisotopic (exact) mass is 427 g/mol. The van der Waals surface area contributed by atoms with Gasteiger partial charge in [0.2, 0.25) is 0 Å². The van der Waals surface area contributed by atoms with Crippen LogP contribution in [0.2, 0.25) is 0 Å². The summed E-state index contributed by atoms with van der Waals surface area (Å²) in [6, 6.07) is 13.6. The van der Waals surface area contributed by atoms with Crippen LogP contribution in [0.1, 0.15) is 36.1 Å². The molecule has 0 fully saturated rings. The lowest BCUT2D eigenvalue weighted by Gasteiger charge is -2.13. The predicted octanol–water partition coefficient (Wildman–Crippen LogP) is 5.50. The van der Waals surface area contributed by atoms with Gasteiger partial charge in [-0.3, -0.25) is 0 Å². The van der Waals surface area contributed by atoms with E-state index in [1.165, 1.54) is 0 Å². The molecule has 2 rings (SSSR count). The number of rotatable bonds is 6. The first-order valence-electron chi connectivity index (χ1n) is 8.62. The lowest BCUT2D eigenvalue weighted by atomic mass is 9.98. The van der Waals surface area contributed by atoms with Crippen molar-refractivity contribution in [3.8, 4) is 11.8 Å². The highest BCUT2D eigenvalue weighted by molar-refractivity contribution is 9.10. The molecule has 0 saturated carbocycles. The second-order valence-corrected chi connectivity index (χ2v) is 7.33. The normalized spacial score (nSPS) is 11.2. The number of aryl methyl sites for hydroxylation is 2. The Morgan fingerprint density at radius 1 is 1.22 bits per heavy atom. The topological polar surface area (TPSA) is 59.3 Å². The lowest BCUT2D eigenvalue weighted by molar-refractivity contribution is -0.142. The fraction of sp³-hybridized carbons (Fsp3) is 0.273. The molecular weight excluding hydrogens is 406 g/mol. The van der Waals surface area contributed by atoms with Gasteiger partial charge in [0, 0.05) is 0 Å². The first kappa shape index (κ1) is 20.7. The van der Waals surface area contributed by atoms with Crippen molar-refractivity contribution in [2.24, 2.45) is 0 Å². The van der Waals surface area contributed by atoms with Crippen LogP contribution >= 0.6 is 15.9 Å². The molecule has 0 radical (unpaired) electrons. The highest BCUT2D eigenvalue weighted by atomic mass is 79.9. The fourth-order valence-corrected chi connectivity index (χ4v) is 2.91. The summed E-state index contributed by atoms with van der Waals surface area (Å²) in [5.41, 5.74) is 3.82. The molecule has 0 saturated heterocycles. The van der Waals surface area contributed by atoms with E-state index in [0.29, 0.717) is 6.61 Å². The molecule has 27 heavy (non-hydrogen) atoms. The quantitative estimate of drug-likeness (QED) is 0.346. The van der Waals surface area contributed by atoms with Crippen molar-refractivity contribution in [3.05, 3.63) is 68.7 Å². The van der Waals surface area contributed by atoms with E-state index in [-0.39, 0.29) is 11.7 Å². The third kappa shape index (κ3) is 5.70. The Morgan fingerprint density at radius 2 is 1.93 bits per heavy atom. The molecule has 140 valence electrons. The molecule has 0 spiro atoms. The molecule has 2 aromatic rings. The van der Waals surface area contributed by atoms with Crippen molar-refractivity contribution < 1.29 is 14.3 Å². The third-order valence-electron chi connectivity index (χ3n) is 3.93. The fourth-order valence-electron chi connectivity index (χ4n) is 2.51. The average Bonchev–Trinajstić information content (AvgIpc) is 2.60. The number of carbonyl (C=O) groups is 1. The van der Waals surface area contributed by atoms with Gasteiger partial charge < -0.3 is 9.47 Å². The van der Waals surface area contributed by atoms with E-state index in [1.807, 2.05) is 56.3 Å². The number of para-hydroxylation sites is 1. The molecule has 0 amide bonds. The van der Waals surface area contributed by atoms with Crippen molar-refractivity contribution in [1.29, 1.82) is 5.26 Å². The van der Waals surface area contributed by atoms with Crippen molar-refractivity contribution in [2.75, 3.05) is 0 Å². The van der Waals surface area contributed by atoms with E-state index in [0.717, 1.165) is 32.5 Å². The Hall–Kier alpha value is -2.58. The maximum atomic E-state index is 12.1. The smallest absolute Gasteiger partial charge is 0.349 e. The summed E-state index contributed by atoms with van der Waals surface area (Å²) in [5, 5.41) is 9.32. The van der Waals surface area contributed by atoms with Crippen LogP contribution in [0.5, 0.6) is 5.75 Å². The van der Waals surface area contributed by atoms with Gasteiger partial charge in [-0.25, -0.2) is 4.79 Å². The van der Waals surface area contributed by atoms with Crippen LogP contribution in [0.25, 0.3) is 6.08 Å². The Balaban J connectivity index is 2.29. The predicted molar refractivity (Wildman–Crippen MR) is 109 cm³/mol. The Morgan fingerprint density at radius 3 is 2.56 bits per heavy atom. The Bertz CT molecular complexity index is 910. The van der Waals surface area contributed by atoms with Gasteiger partial charge in [0.05, 0.1) is 10.6 Å². The molecule has 0 heterocycles. The minimum absolute atomic E-state index is 0.0201. The third-order valence-corrected chi connectivity index (χ3v) is 4.58. The summed E-state index contributed by atoms with van der Waals surface area (Å²) < 4.78 is 11.9. The zero-order chi connectivity index (χ0) is 20.0. The number of halogens is 1. The van der Waals surface area contributed by atoms with Crippen LogP contribution in [-0.2, 0) is 16.1 Å². The summed E-state index contributed by atoms with van der Waals surface area (Å²) in [4.78, 5) is 12.1. The Kier molecular flexibility index (Phi) is 7.20. The van der Waals surface area contributed by atoms with E-state index < -0.39 is 5.97 Å². The number of benzene rings is 2. The largest absolute Gasteiger partial charge is 0.488 e. The highest BCUT2D eigenvalue weighted by Gasteiger charge is 2.14. The number of hydrogen-bond acceptors (Lipinski definition) is 4. The number of nitriles is 1. The molecule has 0 bridgehead atoms. The minimum Gasteiger partial charge on any atom is -0.488 e. The number of ether oxygens (including phenoxy) is 2. The first-order chi connectivity index (χ1) is 12.8. The summed E-state index contributed by atoms with van der Waals surface area (Å²) in [6.07, 6.45) is 1.29. The molecule has 0 aliphatic rings. The molecule has 0 atom stereocenters. The molecule has 0 aliphatic carbocycles. The van der Waals surface area contributed by atoms with Gasteiger partial charge >= 0.3 is 5.97 Å². The molecular formula is C22H22BrNO3. The second kappa shape index (κ2) is 9.38. The standard InChI is InChI=1S/C22H22BrNO3/c1-14(2)27-22(25)18(12-24)10-17-11-19(16(4)9-15(17)3)13-26-21-8-6-5-7-20(21)23/h5-11,14H,13H2,1-4H3. The second-order valence-electron chi connectivity index (χ2n) is 6.48. The maximum Gasteiger partial charge on any atom is 0.349 e. The average molecular weight is 428 g/mol. The van der Waals surface area contributed by atoms with Crippen molar-refractivity contribution in [3.63, 3.8) is 0 Å². The molecule has 0 aromatic heterocycles. The summed E-state index contributed by atoms with van der Waals surface area (Å²) in [6.45, 7) is 7.84. The van der Waals surface area contributed by atoms with Gasteiger partial charge in [-0.2, -0.15) is 5.26 Å². The van der Waals surface area contributed by atoms with Crippen LogP contribution in [0, 0.1) is 25.2 Å². The van der Waals surface area contributed by atoms with Gasteiger partial charge in [0.15, 0.2) is 0 Å². The molecule has 0 unspecified atom stereocenters. The molecule has 0 N–H and O–H groups in total. The number of esters is 1. The summed E-state index contributed by atoms with van der Waals surface area (Å²) >= 11 is 3.47. The van der Waals surface area contributed by atoms with Crippen LogP contribution in [0.3, 0.4) is 0 Å². The van der Waals surface area contributed by atoms with E-state index in [4.69, 9.17) is 9.47 Å². The van der Waals surface area contributed by atoms with Crippen molar-refractivity contribution in [1.82, 2.24) is 0 Å². The van der Waals surface area contributed by atoms with E-state index in [1.54, 1.807) is 19.9 Å². The van der Waals surface area contributed by atoms with Crippen LogP contribution < -0.4 is 4.74 Å². The van der Waals surface area contributed by atoms with Crippen LogP contribution in [0.4, 0.5) is 0 Å². The van der Waals surface area contributed by atoms with Gasteiger partial charge in [0.1, 0.15) is 24.0 Å². The van der Waals surface area contributed by atoms with Gasteiger partial charge in [-0.15, -0.1) is 0 Å². The summed E-state index contributed by atoms with van der Waals surface area (Å²) in [5.74, 6) is 0.145. The number of hydrogen-bond donors (Lipinski definition) is 0. The molecule has 5 heteroatoms. The van der Waals surface area contributed by atoms with Crippen LogP contribution in [0.15, 0.2) is 46.4 Å². The molecule has 0 aliphatic heterocycles. The van der Waals surface area contributed by atoms with E-state index in [9.17, 15) is 10.1 Å². The first-order valence-corrected chi connectivity index (χ1v) is 9.41. The highest BCUT2D eigenvalue weighted by Crippen LogP contribution is 2.26. The molecule has 4 nitrogen and oxygen atoms in total.